The van der Waals surface area contributed by atoms with Gasteiger partial charge in [0.25, 0.3) is 0 Å². The van der Waals surface area contributed by atoms with Crippen molar-refractivity contribution in [2.45, 2.75) is 57.5 Å². The molecule has 3 aliphatic heterocycles. The lowest BCUT2D eigenvalue weighted by molar-refractivity contribution is -0.151. The number of anilines is 1. The number of hydrogen-bond donors (Lipinski definition) is 1. The van der Waals surface area contributed by atoms with E-state index in [2.05, 4.69) is 17.1 Å². The number of hydrogen-bond acceptors (Lipinski definition) is 3. The molecule has 0 spiro atoms. The normalized spacial score (nSPS) is 28.7. The van der Waals surface area contributed by atoms with Crippen LogP contribution in [0.4, 0.5) is 10.5 Å². The van der Waals surface area contributed by atoms with E-state index in [1.165, 1.54) is 0 Å². The molecule has 3 aliphatic rings. The first-order valence-electron chi connectivity index (χ1n) is 10.7. The summed E-state index contributed by atoms with van der Waals surface area (Å²) in [5.74, 6) is 1.63. The molecular weight excluding hydrogens is 390 g/mol. The molecule has 3 fully saturated rings. The van der Waals surface area contributed by atoms with Gasteiger partial charge in [-0.3, -0.25) is 4.79 Å². The standard InChI is InChI=1S/C22H30ClN3O3/c1-3-5-18-14-10-15(19-6-4-7-21(27)26(18)19)13-25(12-14)22(28)24-16-8-9-20(29-2)17(23)11-16/h8-9,11,14-15,18-19H,3-7,10,12-13H2,1-2H3,(H,24,28)/t14-,15+,18-,19-/m0/s1. The molecule has 3 heterocycles. The molecule has 1 N–H and O–H groups in total. The van der Waals surface area contributed by atoms with Gasteiger partial charge >= 0.3 is 6.03 Å². The zero-order valence-corrected chi connectivity index (χ0v) is 18.0. The van der Waals surface area contributed by atoms with Gasteiger partial charge in [0.1, 0.15) is 5.75 Å². The molecule has 1 aromatic rings. The van der Waals surface area contributed by atoms with Gasteiger partial charge in [-0.05, 0) is 55.7 Å². The quantitative estimate of drug-likeness (QED) is 0.787. The number of fused-ring (bicyclic) bond motifs is 4. The Kier molecular flexibility index (Phi) is 5.91. The number of carbonyl (C=O) groups excluding carboxylic acids is 2. The molecule has 4 rings (SSSR count). The fourth-order valence-corrected chi connectivity index (χ4v) is 5.81. The van der Waals surface area contributed by atoms with E-state index < -0.39 is 0 Å². The second-order valence-corrected chi connectivity index (χ2v) is 8.96. The maximum Gasteiger partial charge on any atom is 0.321 e. The van der Waals surface area contributed by atoms with E-state index in [0.717, 1.165) is 32.1 Å². The van der Waals surface area contributed by atoms with Gasteiger partial charge in [0, 0.05) is 37.3 Å². The van der Waals surface area contributed by atoms with E-state index in [9.17, 15) is 9.59 Å². The number of nitrogens with one attached hydrogen (secondary N) is 1. The zero-order chi connectivity index (χ0) is 20.5. The van der Waals surface area contributed by atoms with Gasteiger partial charge in [-0.1, -0.05) is 24.9 Å². The van der Waals surface area contributed by atoms with Gasteiger partial charge in [0.15, 0.2) is 0 Å². The molecule has 29 heavy (non-hydrogen) atoms. The van der Waals surface area contributed by atoms with Crippen LogP contribution in [0, 0.1) is 11.8 Å². The Balaban J connectivity index is 1.50. The average molecular weight is 420 g/mol. The number of amides is 3. The van der Waals surface area contributed by atoms with Crippen LogP contribution >= 0.6 is 11.6 Å². The molecule has 6 nitrogen and oxygen atoms in total. The van der Waals surface area contributed by atoms with Crippen molar-refractivity contribution >= 4 is 29.2 Å². The van der Waals surface area contributed by atoms with Gasteiger partial charge < -0.3 is 19.9 Å². The second kappa shape index (κ2) is 8.42. The number of likely N-dealkylation sites (tertiary alicyclic amines) is 1. The first-order chi connectivity index (χ1) is 14.0. The van der Waals surface area contributed by atoms with Crippen molar-refractivity contribution in [2.24, 2.45) is 11.8 Å². The monoisotopic (exact) mass is 419 g/mol. The van der Waals surface area contributed by atoms with E-state index in [1.807, 2.05) is 4.90 Å². The Morgan fingerprint density at radius 2 is 2.10 bits per heavy atom. The third-order valence-electron chi connectivity index (χ3n) is 6.77. The molecule has 7 heteroatoms. The predicted octanol–water partition coefficient (Wildman–Crippen LogP) is 4.38. The number of carbonyl (C=O) groups is 2. The molecule has 1 aromatic carbocycles. The minimum Gasteiger partial charge on any atom is -0.495 e. The summed E-state index contributed by atoms with van der Waals surface area (Å²) in [5.41, 5.74) is 0.663. The lowest BCUT2D eigenvalue weighted by Gasteiger charge is -2.56. The van der Waals surface area contributed by atoms with Crippen molar-refractivity contribution in [3.63, 3.8) is 0 Å². The van der Waals surface area contributed by atoms with E-state index in [-0.39, 0.29) is 18.1 Å². The Morgan fingerprint density at radius 3 is 2.83 bits per heavy atom. The highest BCUT2D eigenvalue weighted by molar-refractivity contribution is 6.32. The maximum absolute atomic E-state index is 13.0. The van der Waals surface area contributed by atoms with E-state index in [4.69, 9.17) is 16.3 Å². The lowest BCUT2D eigenvalue weighted by Crippen LogP contribution is -2.65. The first-order valence-corrected chi connectivity index (χ1v) is 11.1. The van der Waals surface area contributed by atoms with Crippen LogP contribution in [-0.4, -0.2) is 54.0 Å². The molecule has 3 amide bonds. The van der Waals surface area contributed by atoms with Gasteiger partial charge in [0.2, 0.25) is 5.91 Å². The van der Waals surface area contributed by atoms with Crippen LogP contribution in [0.3, 0.4) is 0 Å². The number of ether oxygens (including phenoxy) is 1. The number of urea groups is 1. The van der Waals surface area contributed by atoms with Crippen LogP contribution in [0.5, 0.6) is 5.75 Å². The molecule has 0 radical (unpaired) electrons. The molecular formula is C22H30ClN3O3. The lowest BCUT2D eigenvalue weighted by atomic mass is 9.71. The van der Waals surface area contributed by atoms with Crippen LogP contribution < -0.4 is 10.1 Å². The number of benzene rings is 1. The summed E-state index contributed by atoms with van der Waals surface area (Å²) in [6.07, 6.45) is 5.90. The Labute approximate surface area is 177 Å². The SMILES string of the molecule is CCC[C@H]1[C@H]2C[C@H](CN(C(=O)Nc3ccc(OC)c(Cl)c3)C2)[C@@H]2CCCC(=O)N21. The number of halogens is 1. The highest BCUT2D eigenvalue weighted by Crippen LogP contribution is 2.43. The fraction of sp³-hybridized carbons (Fsp3) is 0.636. The minimum absolute atomic E-state index is 0.0910. The summed E-state index contributed by atoms with van der Waals surface area (Å²) in [6, 6.07) is 5.73. The molecule has 0 saturated carbocycles. The van der Waals surface area contributed by atoms with E-state index >= 15 is 0 Å². The van der Waals surface area contributed by atoms with Crippen molar-refractivity contribution < 1.29 is 14.3 Å². The molecule has 3 saturated heterocycles. The van der Waals surface area contributed by atoms with Gasteiger partial charge in [0.05, 0.1) is 12.1 Å². The third-order valence-corrected chi connectivity index (χ3v) is 7.07. The second-order valence-electron chi connectivity index (χ2n) is 8.56. The van der Waals surface area contributed by atoms with Crippen LogP contribution in [0.15, 0.2) is 18.2 Å². The summed E-state index contributed by atoms with van der Waals surface area (Å²) >= 11 is 6.19. The Morgan fingerprint density at radius 1 is 1.31 bits per heavy atom. The predicted molar refractivity (Wildman–Crippen MR) is 113 cm³/mol. The highest BCUT2D eigenvalue weighted by atomic mass is 35.5. The molecule has 0 unspecified atom stereocenters. The topological polar surface area (TPSA) is 61.9 Å². The van der Waals surface area contributed by atoms with Crippen molar-refractivity contribution in [1.29, 1.82) is 0 Å². The summed E-state index contributed by atoms with van der Waals surface area (Å²) in [5, 5.41) is 3.46. The summed E-state index contributed by atoms with van der Waals surface area (Å²) in [7, 11) is 1.57. The summed E-state index contributed by atoms with van der Waals surface area (Å²) < 4.78 is 5.18. The molecule has 4 atom stereocenters. The van der Waals surface area contributed by atoms with Crippen molar-refractivity contribution in [3.05, 3.63) is 23.2 Å². The van der Waals surface area contributed by atoms with Crippen LogP contribution in [0.1, 0.15) is 45.4 Å². The average Bonchev–Trinajstić information content (AvgIpc) is 2.71. The zero-order valence-electron chi connectivity index (χ0n) is 17.2. The van der Waals surface area contributed by atoms with Gasteiger partial charge in [-0.15, -0.1) is 0 Å². The maximum atomic E-state index is 13.0. The molecule has 158 valence electrons. The van der Waals surface area contributed by atoms with E-state index in [0.29, 0.717) is 53.7 Å². The van der Waals surface area contributed by atoms with Crippen molar-refractivity contribution in [1.82, 2.24) is 9.80 Å². The van der Waals surface area contributed by atoms with Crippen LogP contribution in [-0.2, 0) is 4.79 Å². The smallest absolute Gasteiger partial charge is 0.321 e. The number of rotatable bonds is 4. The number of piperidine rings is 3. The van der Waals surface area contributed by atoms with Crippen LogP contribution in [0.25, 0.3) is 0 Å². The largest absolute Gasteiger partial charge is 0.495 e. The van der Waals surface area contributed by atoms with Crippen molar-refractivity contribution in [3.8, 4) is 5.75 Å². The molecule has 0 aliphatic carbocycles. The minimum atomic E-state index is -0.0910. The third kappa shape index (κ3) is 3.91. The van der Waals surface area contributed by atoms with E-state index in [1.54, 1.807) is 25.3 Å². The Bertz CT molecular complexity index is 787. The highest BCUT2D eigenvalue weighted by Gasteiger charge is 2.49. The molecule has 2 bridgehead atoms. The number of methoxy groups -OCH3 is 1. The summed E-state index contributed by atoms with van der Waals surface area (Å²) in [6.45, 7) is 3.59. The van der Waals surface area contributed by atoms with Crippen LogP contribution in [0.2, 0.25) is 5.02 Å². The number of nitrogens with zero attached hydrogens (tertiary/aromatic N) is 2. The van der Waals surface area contributed by atoms with Gasteiger partial charge in [-0.25, -0.2) is 4.79 Å². The summed E-state index contributed by atoms with van der Waals surface area (Å²) in [4.78, 5) is 29.9. The van der Waals surface area contributed by atoms with Gasteiger partial charge in [-0.2, -0.15) is 0 Å². The molecule has 0 aromatic heterocycles. The Hall–Kier alpha value is -1.95. The fourth-order valence-electron chi connectivity index (χ4n) is 5.56. The van der Waals surface area contributed by atoms with Crippen molar-refractivity contribution in [2.75, 3.05) is 25.5 Å². The first kappa shape index (κ1) is 20.3.